The Balaban J connectivity index is 2.88. The smallest absolute Gasteiger partial charge is 0.410 e. The van der Waals surface area contributed by atoms with Crippen LogP contribution in [0, 0.1) is 0 Å². The van der Waals surface area contributed by atoms with Crippen molar-refractivity contribution in [1.82, 2.24) is 4.90 Å². The second kappa shape index (κ2) is 7.07. The molecule has 0 saturated carbocycles. The number of amides is 1. The van der Waals surface area contributed by atoms with Crippen LogP contribution in [-0.4, -0.2) is 36.0 Å². The molecule has 4 heteroatoms. The van der Waals surface area contributed by atoms with Gasteiger partial charge in [0.2, 0.25) is 0 Å². The van der Waals surface area contributed by atoms with E-state index in [0.717, 1.165) is 11.1 Å². The molecular weight excluding hydrogens is 266 g/mol. The fraction of sp³-hybridized carbons (Fsp3) is 0.412. The lowest BCUT2D eigenvalue weighted by atomic mass is 10.0. The maximum atomic E-state index is 12.0. The van der Waals surface area contributed by atoms with Crippen LogP contribution in [0.25, 0.3) is 5.57 Å². The van der Waals surface area contributed by atoms with E-state index in [1.54, 1.807) is 13.1 Å². The fourth-order valence-electron chi connectivity index (χ4n) is 1.78. The molecule has 114 valence electrons. The van der Waals surface area contributed by atoms with Crippen molar-refractivity contribution in [2.24, 2.45) is 0 Å². The quantitative estimate of drug-likeness (QED) is 0.797. The normalized spacial score (nSPS) is 12.0. The van der Waals surface area contributed by atoms with Gasteiger partial charge in [0.25, 0.3) is 0 Å². The lowest BCUT2D eigenvalue weighted by molar-refractivity contribution is -0.112. The van der Waals surface area contributed by atoms with E-state index >= 15 is 0 Å². The summed E-state index contributed by atoms with van der Waals surface area (Å²) in [5.41, 5.74) is 1.17. The summed E-state index contributed by atoms with van der Waals surface area (Å²) in [4.78, 5) is 24.9. The zero-order valence-electron chi connectivity index (χ0n) is 13.3. The molecular formula is C17H23NO3. The first kappa shape index (κ1) is 17.0. The Morgan fingerprint density at radius 1 is 1.19 bits per heavy atom. The number of ketones is 1. The molecule has 0 radical (unpaired) electrons. The van der Waals surface area contributed by atoms with Gasteiger partial charge in [-0.3, -0.25) is 4.79 Å². The lowest BCUT2D eigenvalue weighted by Crippen LogP contribution is -2.35. The van der Waals surface area contributed by atoms with E-state index in [1.807, 2.05) is 51.1 Å². The Morgan fingerprint density at radius 3 is 2.24 bits per heavy atom. The highest BCUT2D eigenvalue weighted by Gasteiger charge is 2.20. The second-order valence-electron chi connectivity index (χ2n) is 5.98. The number of hydrogen-bond acceptors (Lipinski definition) is 3. The predicted octanol–water partition coefficient (Wildman–Crippen LogP) is 3.53. The highest BCUT2D eigenvalue weighted by molar-refractivity contribution is 5.95. The van der Waals surface area contributed by atoms with E-state index in [9.17, 15) is 9.59 Å². The third-order valence-electron chi connectivity index (χ3n) is 2.63. The number of nitrogens with zero attached hydrogens (tertiary/aromatic N) is 1. The van der Waals surface area contributed by atoms with E-state index in [-0.39, 0.29) is 5.78 Å². The average Bonchev–Trinajstić information content (AvgIpc) is 2.36. The number of carbonyl (C=O) groups is 2. The van der Waals surface area contributed by atoms with Gasteiger partial charge in [-0.05, 0) is 44.9 Å². The molecule has 0 aromatic heterocycles. The molecule has 1 rings (SSSR count). The number of carbonyl (C=O) groups excluding carboxylic acids is 2. The lowest BCUT2D eigenvalue weighted by Gasteiger charge is -2.25. The predicted molar refractivity (Wildman–Crippen MR) is 84.0 cm³/mol. The largest absolute Gasteiger partial charge is 0.444 e. The summed E-state index contributed by atoms with van der Waals surface area (Å²) in [5.74, 6) is -0.0496. The van der Waals surface area contributed by atoms with E-state index < -0.39 is 11.7 Å². The monoisotopic (exact) mass is 289 g/mol. The van der Waals surface area contributed by atoms with Crippen molar-refractivity contribution in [2.75, 3.05) is 13.6 Å². The molecule has 0 aliphatic carbocycles. The van der Waals surface area contributed by atoms with Gasteiger partial charge in [-0.25, -0.2) is 4.79 Å². The molecule has 4 nitrogen and oxygen atoms in total. The molecule has 0 spiro atoms. The van der Waals surface area contributed by atoms with Crippen molar-refractivity contribution >= 4 is 17.4 Å². The highest BCUT2D eigenvalue weighted by Crippen LogP contribution is 2.17. The van der Waals surface area contributed by atoms with Gasteiger partial charge in [-0.15, -0.1) is 0 Å². The Bertz CT molecular complexity index is 527. The zero-order chi connectivity index (χ0) is 16.0. The maximum absolute atomic E-state index is 12.0. The van der Waals surface area contributed by atoms with Crippen LogP contribution in [0.3, 0.4) is 0 Å². The molecule has 0 heterocycles. The molecule has 0 atom stereocenters. The summed E-state index contributed by atoms with van der Waals surface area (Å²) in [7, 11) is 1.66. The van der Waals surface area contributed by atoms with Crippen molar-refractivity contribution in [3.63, 3.8) is 0 Å². The van der Waals surface area contributed by atoms with Crippen LogP contribution >= 0.6 is 0 Å². The van der Waals surface area contributed by atoms with Crippen LogP contribution < -0.4 is 0 Å². The molecule has 0 unspecified atom stereocenters. The summed E-state index contributed by atoms with van der Waals surface area (Å²) >= 11 is 0. The van der Waals surface area contributed by atoms with Gasteiger partial charge in [0.15, 0.2) is 5.78 Å². The van der Waals surface area contributed by atoms with Crippen molar-refractivity contribution in [3.8, 4) is 0 Å². The molecule has 0 bridgehead atoms. The summed E-state index contributed by atoms with van der Waals surface area (Å²) in [6, 6.07) is 9.54. The molecule has 21 heavy (non-hydrogen) atoms. The van der Waals surface area contributed by atoms with Gasteiger partial charge in [-0.2, -0.15) is 0 Å². The molecule has 0 saturated heterocycles. The SMILES string of the molecule is CC(=O)/C=C(/CN(C)C(=O)OC(C)(C)C)c1ccccc1. The molecule has 0 aliphatic heterocycles. The number of hydrogen-bond donors (Lipinski definition) is 0. The molecule has 0 aliphatic rings. The molecule has 1 aromatic carbocycles. The number of rotatable bonds is 4. The number of allylic oxidation sites excluding steroid dienone is 1. The van der Waals surface area contributed by atoms with Gasteiger partial charge in [0, 0.05) is 13.6 Å². The van der Waals surface area contributed by atoms with Gasteiger partial charge < -0.3 is 9.64 Å². The van der Waals surface area contributed by atoms with Crippen LogP contribution in [-0.2, 0) is 9.53 Å². The Kier molecular flexibility index (Phi) is 5.70. The van der Waals surface area contributed by atoms with Crippen LogP contribution in [0.1, 0.15) is 33.3 Å². The van der Waals surface area contributed by atoms with E-state index in [2.05, 4.69) is 0 Å². The van der Waals surface area contributed by atoms with Gasteiger partial charge >= 0.3 is 6.09 Å². The Hall–Kier alpha value is -2.10. The van der Waals surface area contributed by atoms with E-state index in [0.29, 0.717) is 6.54 Å². The average molecular weight is 289 g/mol. The zero-order valence-corrected chi connectivity index (χ0v) is 13.3. The first-order chi connectivity index (χ1) is 9.69. The fourth-order valence-corrected chi connectivity index (χ4v) is 1.78. The van der Waals surface area contributed by atoms with Crippen molar-refractivity contribution in [3.05, 3.63) is 42.0 Å². The van der Waals surface area contributed by atoms with Gasteiger partial charge in [-0.1, -0.05) is 30.3 Å². The third-order valence-corrected chi connectivity index (χ3v) is 2.63. The molecule has 1 amide bonds. The Labute approximate surface area is 126 Å². The Morgan fingerprint density at radius 2 is 1.76 bits per heavy atom. The number of benzene rings is 1. The third kappa shape index (κ3) is 6.25. The second-order valence-corrected chi connectivity index (χ2v) is 5.98. The van der Waals surface area contributed by atoms with Gasteiger partial charge in [0.05, 0.1) is 0 Å². The number of ether oxygens (including phenoxy) is 1. The van der Waals surface area contributed by atoms with Crippen LogP contribution in [0.5, 0.6) is 0 Å². The van der Waals surface area contributed by atoms with Crippen molar-refractivity contribution in [1.29, 1.82) is 0 Å². The van der Waals surface area contributed by atoms with Crippen LogP contribution in [0.2, 0.25) is 0 Å². The summed E-state index contributed by atoms with van der Waals surface area (Å²) in [6.07, 6.45) is 1.14. The van der Waals surface area contributed by atoms with E-state index in [4.69, 9.17) is 4.74 Å². The van der Waals surface area contributed by atoms with Crippen LogP contribution in [0.15, 0.2) is 36.4 Å². The summed E-state index contributed by atoms with van der Waals surface area (Å²) < 4.78 is 5.32. The van der Waals surface area contributed by atoms with Crippen molar-refractivity contribution in [2.45, 2.75) is 33.3 Å². The summed E-state index contributed by atoms with van der Waals surface area (Å²) in [5, 5.41) is 0. The first-order valence-corrected chi connectivity index (χ1v) is 6.90. The molecule has 1 aromatic rings. The minimum atomic E-state index is -0.539. The van der Waals surface area contributed by atoms with Gasteiger partial charge in [0.1, 0.15) is 5.60 Å². The topological polar surface area (TPSA) is 46.6 Å². The standard InChI is InChI=1S/C17H23NO3/c1-13(19)11-15(14-9-7-6-8-10-14)12-18(5)16(20)21-17(2,3)4/h6-11H,12H2,1-5H3/b15-11-. The minimum absolute atomic E-state index is 0.0496. The molecule has 0 fully saturated rings. The minimum Gasteiger partial charge on any atom is -0.444 e. The summed E-state index contributed by atoms with van der Waals surface area (Å²) in [6.45, 7) is 7.28. The van der Waals surface area contributed by atoms with Crippen LogP contribution in [0.4, 0.5) is 4.79 Å². The number of likely N-dealkylation sites (N-methyl/N-ethyl adjacent to an activating group) is 1. The maximum Gasteiger partial charge on any atom is 0.410 e. The highest BCUT2D eigenvalue weighted by atomic mass is 16.6. The molecule has 0 N–H and O–H groups in total. The first-order valence-electron chi connectivity index (χ1n) is 6.90. The van der Waals surface area contributed by atoms with Crippen molar-refractivity contribution < 1.29 is 14.3 Å². The van der Waals surface area contributed by atoms with E-state index in [1.165, 1.54) is 11.8 Å².